The molecule has 0 aliphatic carbocycles. The molecule has 0 aliphatic heterocycles. The van der Waals surface area contributed by atoms with Crippen molar-refractivity contribution in [3.05, 3.63) is 82.7 Å². The summed E-state index contributed by atoms with van der Waals surface area (Å²) in [6.45, 7) is 7.86. The second-order valence-electron chi connectivity index (χ2n) is 7.46. The van der Waals surface area contributed by atoms with Crippen LogP contribution in [0.15, 0.2) is 71.0 Å². The zero-order valence-electron chi connectivity index (χ0n) is 17.7. The van der Waals surface area contributed by atoms with Crippen molar-refractivity contribution in [2.45, 2.75) is 24.7 Å². The van der Waals surface area contributed by atoms with Gasteiger partial charge in [-0.2, -0.15) is 0 Å². The number of carbonyl (C=O) groups excluding carboxylic acids is 1. The predicted molar refractivity (Wildman–Crippen MR) is 123 cm³/mol. The molecule has 2 N–H and O–H groups in total. The molecule has 0 saturated heterocycles. The monoisotopic (exact) mass is 439 g/mol. The normalized spacial score (nSPS) is 11.5. The van der Waals surface area contributed by atoms with Crippen LogP contribution in [0.3, 0.4) is 0 Å². The summed E-state index contributed by atoms with van der Waals surface area (Å²) in [5.74, 6) is -0.222. The lowest BCUT2D eigenvalue weighted by Gasteiger charge is -2.20. The van der Waals surface area contributed by atoms with Gasteiger partial charge in [0.1, 0.15) is 5.56 Å². The maximum atomic E-state index is 13.2. The van der Waals surface area contributed by atoms with E-state index >= 15 is 0 Å². The average molecular weight is 440 g/mol. The summed E-state index contributed by atoms with van der Waals surface area (Å²) in [5, 5.41) is 2.67. The predicted octanol–water partition coefficient (Wildman–Crippen LogP) is 3.39. The summed E-state index contributed by atoms with van der Waals surface area (Å²) in [4.78, 5) is 27.9. The molecular formula is C23H25N3O4S. The van der Waals surface area contributed by atoms with Gasteiger partial charge in [-0.15, -0.1) is 6.58 Å². The lowest BCUT2D eigenvalue weighted by Crippen LogP contribution is -2.29. The molecule has 7 nitrogen and oxygen atoms in total. The van der Waals surface area contributed by atoms with Crippen LogP contribution < -0.4 is 15.1 Å². The average Bonchev–Trinajstić information content (AvgIpc) is 2.77. The number of rotatable bonds is 7. The molecular weight excluding hydrogens is 414 g/mol. The Kier molecular flexibility index (Phi) is 6.31. The Balaban J connectivity index is 2.02. The van der Waals surface area contributed by atoms with Crippen LogP contribution in [0.5, 0.6) is 0 Å². The van der Waals surface area contributed by atoms with E-state index < -0.39 is 21.4 Å². The SMILES string of the molecule is C=CCNC(=O)c1c[nH]c2ccc(S(=O)(=O)N(C)c3ccc(C(C)C)cc3)cc2c1=O. The summed E-state index contributed by atoms with van der Waals surface area (Å²) < 4.78 is 27.6. The van der Waals surface area contributed by atoms with Crippen LogP contribution in [-0.2, 0) is 10.0 Å². The minimum atomic E-state index is -3.91. The van der Waals surface area contributed by atoms with Gasteiger partial charge in [0.15, 0.2) is 0 Å². The number of H-pyrrole nitrogens is 1. The van der Waals surface area contributed by atoms with Crippen molar-refractivity contribution in [2.24, 2.45) is 0 Å². The highest BCUT2D eigenvalue weighted by Gasteiger charge is 2.23. The zero-order valence-corrected chi connectivity index (χ0v) is 18.5. The van der Waals surface area contributed by atoms with Gasteiger partial charge in [0, 0.05) is 30.7 Å². The fourth-order valence-corrected chi connectivity index (χ4v) is 4.38. The van der Waals surface area contributed by atoms with Crippen LogP contribution in [0.25, 0.3) is 10.9 Å². The fraction of sp³-hybridized carbons (Fsp3) is 0.217. The molecule has 0 atom stereocenters. The molecule has 1 aromatic heterocycles. The molecule has 162 valence electrons. The number of aromatic amines is 1. The third-order valence-electron chi connectivity index (χ3n) is 5.09. The van der Waals surface area contributed by atoms with Gasteiger partial charge in [0.2, 0.25) is 5.43 Å². The van der Waals surface area contributed by atoms with Gasteiger partial charge in [-0.25, -0.2) is 8.42 Å². The van der Waals surface area contributed by atoms with Crippen molar-refractivity contribution < 1.29 is 13.2 Å². The topological polar surface area (TPSA) is 99.3 Å². The summed E-state index contributed by atoms with van der Waals surface area (Å²) >= 11 is 0. The van der Waals surface area contributed by atoms with Crippen molar-refractivity contribution in [3.8, 4) is 0 Å². The van der Waals surface area contributed by atoms with Crippen LogP contribution in [0, 0.1) is 0 Å². The van der Waals surface area contributed by atoms with Crippen LogP contribution >= 0.6 is 0 Å². The van der Waals surface area contributed by atoms with E-state index in [1.165, 1.54) is 41.8 Å². The minimum Gasteiger partial charge on any atom is -0.360 e. The van der Waals surface area contributed by atoms with Crippen LogP contribution in [-0.4, -0.2) is 32.9 Å². The van der Waals surface area contributed by atoms with Crippen molar-refractivity contribution >= 4 is 32.5 Å². The summed E-state index contributed by atoms with van der Waals surface area (Å²) in [5.41, 5.74) is 1.41. The van der Waals surface area contributed by atoms with Crippen molar-refractivity contribution in [3.63, 3.8) is 0 Å². The number of nitrogens with one attached hydrogen (secondary N) is 2. The Morgan fingerprint density at radius 3 is 2.48 bits per heavy atom. The number of pyridine rings is 1. The van der Waals surface area contributed by atoms with Gasteiger partial charge in [0.05, 0.1) is 10.6 Å². The number of anilines is 1. The number of aromatic nitrogens is 1. The van der Waals surface area contributed by atoms with E-state index in [4.69, 9.17) is 0 Å². The number of hydrogen-bond donors (Lipinski definition) is 2. The maximum absolute atomic E-state index is 13.2. The Hall–Kier alpha value is -3.39. The second kappa shape index (κ2) is 8.77. The number of carbonyl (C=O) groups is 1. The van der Waals surface area contributed by atoms with Crippen LogP contribution in [0.2, 0.25) is 0 Å². The van der Waals surface area contributed by atoms with Crippen LogP contribution in [0.1, 0.15) is 35.7 Å². The smallest absolute Gasteiger partial charge is 0.264 e. The molecule has 3 aromatic rings. The van der Waals surface area contributed by atoms with Gasteiger partial charge in [0.25, 0.3) is 15.9 Å². The molecule has 0 fully saturated rings. The van der Waals surface area contributed by atoms with Crippen LogP contribution in [0.4, 0.5) is 5.69 Å². The largest absolute Gasteiger partial charge is 0.360 e. The summed E-state index contributed by atoms with van der Waals surface area (Å²) in [6, 6.07) is 11.5. The zero-order chi connectivity index (χ0) is 22.8. The van der Waals surface area contributed by atoms with Gasteiger partial charge in [-0.05, 0) is 41.8 Å². The highest BCUT2D eigenvalue weighted by Crippen LogP contribution is 2.25. The number of hydrogen-bond acceptors (Lipinski definition) is 4. The van der Waals surface area contributed by atoms with Crippen molar-refractivity contribution in [2.75, 3.05) is 17.9 Å². The second-order valence-corrected chi connectivity index (χ2v) is 9.43. The highest BCUT2D eigenvalue weighted by molar-refractivity contribution is 7.92. The van der Waals surface area contributed by atoms with Crippen molar-refractivity contribution in [1.82, 2.24) is 10.3 Å². The molecule has 0 unspecified atom stereocenters. The van der Waals surface area contributed by atoms with E-state index in [2.05, 4.69) is 30.7 Å². The molecule has 0 radical (unpaired) electrons. The Morgan fingerprint density at radius 1 is 1.19 bits per heavy atom. The third-order valence-corrected chi connectivity index (χ3v) is 6.87. The lowest BCUT2D eigenvalue weighted by atomic mass is 10.0. The molecule has 0 bridgehead atoms. The molecule has 31 heavy (non-hydrogen) atoms. The van der Waals surface area contributed by atoms with Gasteiger partial charge in [-0.3, -0.25) is 13.9 Å². The molecule has 0 aliphatic rings. The molecule has 0 spiro atoms. The first-order valence-electron chi connectivity index (χ1n) is 9.80. The number of sulfonamides is 1. The first-order valence-corrected chi connectivity index (χ1v) is 11.2. The number of fused-ring (bicyclic) bond motifs is 1. The third kappa shape index (κ3) is 4.39. The van der Waals surface area contributed by atoms with E-state index in [1.54, 1.807) is 12.1 Å². The Bertz CT molecular complexity index is 1290. The molecule has 3 rings (SSSR count). The van der Waals surface area contributed by atoms with E-state index in [9.17, 15) is 18.0 Å². The first-order chi connectivity index (χ1) is 14.7. The minimum absolute atomic E-state index is 0.0374. The number of amides is 1. The molecule has 2 aromatic carbocycles. The maximum Gasteiger partial charge on any atom is 0.264 e. The van der Waals surface area contributed by atoms with Gasteiger partial charge in [-0.1, -0.05) is 32.1 Å². The van der Waals surface area contributed by atoms with Gasteiger partial charge < -0.3 is 10.3 Å². The summed E-state index contributed by atoms with van der Waals surface area (Å²) in [7, 11) is -2.45. The quantitative estimate of drug-likeness (QED) is 0.551. The molecule has 8 heteroatoms. The standard InChI is InChI=1S/C23H25N3O4S/c1-5-12-24-23(28)20-14-25-21-11-10-18(13-19(21)22(20)27)31(29,30)26(4)17-8-6-16(7-9-17)15(2)3/h5-11,13-15H,1,12H2,2-4H3,(H,24,28)(H,25,27). The van der Waals surface area contributed by atoms with E-state index in [0.29, 0.717) is 17.1 Å². The Labute approximate surface area is 181 Å². The van der Waals surface area contributed by atoms with E-state index in [1.807, 2.05) is 12.1 Å². The lowest BCUT2D eigenvalue weighted by molar-refractivity contribution is 0.0957. The highest BCUT2D eigenvalue weighted by atomic mass is 32.2. The molecule has 1 amide bonds. The van der Waals surface area contributed by atoms with E-state index in [-0.39, 0.29) is 22.4 Å². The van der Waals surface area contributed by atoms with Crippen molar-refractivity contribution in [1.29, 1.82) is 0 Å². The summed E-state index contributed by atoms with van der Waals surface area (Å²) in [6.07, 6.45) is 2.82. The molecule has 1 heterocycles. The first kappa shape index (κ1) is 22.3. The molecule has 0 saturated carbocycles. The Morgan fingerprint density at radius 2 is 1.87 bits per heavy atom. The fourth-order valence-electron chi connectivity index (χ4n) is 3.15. The number of nitrogens with zero attached hydrogens (tertiary/aromatic N) is 1. The van der Waals surface area contributed by atoms with E-state index in [0.717, 1.165) is 5.56 Å². The number of benzene rings is 2. The van der Waals surface area contributed by atoms with Gasteiger partial charge >= 0.3 is 0 Å².